The van der Waals surface area contributed by atoms with Gasteiger partial charge in [-0.05, 0) is 78.2 Å². The van der Waals surface area contributed by atoms with Gasteiger partial charge >= 0.3 is 12.2 Å². The lowest BCUT2D eigenvalue weighted by molar-refractivity contribution is -0.124. The number of rotatable bonds is 14. The van der Waals surface area contributed by atoms with Gasteiger partial charge in [0.25, 0.3) is 5.91 Å². The molecule has 0 saturated heterocycles. The zero-order valence-corrected chi connectivity index (χ0v) is 35.4. The second-order valence-electron chi connectivity index (χ2n) is 16.2. The summed E-state index contributed by atoms with van der Waals surface area (Å²) in [6, 6.07) is 13.5. The second kappa shape index (κ2) is 17.8. The molecule has 2 heterocycles. The molecule has 15 heteroatoms. The highest BCUT2D eigenvalue weighted by Gasteiger charge is 2.39. The average Bonchev–Trinajstić information content (AvgIpc) is 3.96. The molecule has 6 N–H and O–H groups in total. The lowest BCUT2D eigenvalue weighted by Crippen LogP contribution is -2.54. The number of anilines is 1. The number of aryl methyl sites for hydroxylation is 2. The van der Waals surface area contributed by atoms with E-state index in [2.05, 4.69) is 74.7 Å². The molecule has 0 aliphatic heterocycles. The molecule has 0 bridgehead atoms. The smallest absolute Gasteiger partial charge is 0.407 e. The SMILES string of the molecule is COC(=O)N[C@H](C(=O)N(c1nc2c([nH]1)CCc1cc(-c3ccc(-c4cnc(C(C[SiH2]C)NC(=O)[C@@H](NC(=O)O)C(C)C)[nH]4)cc3)ccc1-2)[C@@H]1CC[C@H](C)C1)C(C)C. The van der Waals surface area contributed by atoms with E-state index < -0.39 is 33.8 Å². The number of nitrogens with one attached hydrogen (secondary N) is 5. The van der Waals surface area contributed by atoms with Crippen molar-refractivity contribution in [3.63, 3.8) is 0 Å². The summed E-state index contributed by atoms with van der Waals surface area (Å²) in [5.74, 6) is 0.739. The van der Waals surface area contributed by atoms with Gasteiger partial charge in [-0.2, -0.15) is 0 Å². The fourth-order valence-electron chi connectivity index (χ4n) is 8.10. The molecule has 2 aliphatic rings. The van der Waals surface area contributed by atoms with E-state index in [1.807, 2.05) is 26.0 Å². The number of alkyl carbamates (subject to hydrolysis) is 1. The molecule has 0 spiro atoms. The Hall–Kier alpha value is -5.44. The van der Waals surface area contributed by atoms with E-state index >= 15 is 0 Å². The Morgan fingerprint density at radius 2 is 1.63 bits per heavy atom. The maximum atomic E-state index is 14.2. The molecular weight excluding hydrogens is 741 g/mol. The van der Waals surface area contributed by atoms with Crippen LogP contribution in [0.3, 0.4) is 0 Å². The first-order valence-electron chi connectivity index (χ1n) is 20.1. The summed E-state index contributed by atoms with van der Waals surface area (Å²) in [6.45, 7) is 11.8. The molecule has 5 atom stereocenters. The number of amides is 4. The Bertz CT molecular complexity index is 2080. The predicted octanol–water partition coefficient (Wildman–Crippen LogP) is 6.22. The van der Waals surface area contributed by atoms with Crippen molar-refractivity contribution < 1.29 is 29.0 Å². The van der Waals surface area contributed by atoms with Gasteiger partial charge in [-0.25, -0.2) is 19.6 Å². The van der Waals surface area contributed by atoms with Crippen molar-refractivity contribution in [3.05, 3.63) is 65.7 Å². The standard InChI is InChI=1S/C42H56N8O6Si/c1-22(2)34(48-41(53)54)38(51)45-33(21-57-7)37-43-20-32(44-37)26-11-9-25(10-12-26)27-13-16-30-28(19-27)14-17-31-36(30)47-40(46-31)50(29-15-8-24(5)18-29)39(52)35(23(3)4)49-42(55)56-6/h9-13,16,19-20,22-24,29,33-35,48H,8,14-15,17-18,21,57H2,1-7H3,(H,43,44)(H,45,51)(H,46,47)(H,49,55)(H,53,54)/t24-,29+,33?,34-,35-/m0/s1. The number of fused-ring (bicyclic) bond motifs is 3. The molecule has 0 radical (unpaired) electrons. The molecule has 1 saturated carbocycles. The van der Waals surface area contributed by atoms with E-state index in [0.717, 1.165) is 77.5 Å². The van der Waals surface area contributed by atoms with Crippen LogP contribution in [0.1, 0.15) is 77.0 Å². The number of aromatic nitrogens is 4. The van der Waals surface area contributed by atoms with Gasteiger partial charge in [0.2, 0.25) is 11.9 Å². The number of nitrogens with zero attached hydrogens (tertiary/aromatic N) is 3. The third-order valence-electron chi connectivity index (χ3n) is 11.2. The quantitative estimate of drug-likeness (QED) is 0.0810. The molecule has 2 aliphatic carbocycles. The number of carbonyl (C=O) groups excluding carboxylic acids is 3. The van der Waals surface area contributed by atoms with Crippen molar-refractivity contribution in [2.75, 3.05) is 12.0 Å². The van der Waals surface area contributed by atoms with Gasteiger partial charge in [-0.1, -0.05) is 83.6 Å². The van der Waals surface area contributed by atoms with Crippen LogP contribution >= 0.6 is 0 Å². The average molecular weight is 797 g/mol. The van der Waals surface area contributed by atoms with E-state index in [-0.39, 0.29) is 35.7 Å². The first kappa shape index (κ1) is 41.2. The molecule has 4 amide bonds. The molecule has 57 heavy (non-hydrogen) atoms. The van der Waals surface area contributed by atoms with Gasteiger partial charge in [-0.15, -0.1) is 0 Å². The molecule has 304 valence electrons. The van der Waals surface area contributed by atoms with Crippen molar-refractivity contribution >= 4 is 39.5 Å². The molecule has 2 aromatic carbocycles. The fourth-order valence-corrected chi connectivity index (χ4v) is 9.10. The van der Waals surface area contributed by atoms with Crippen molar-refractivity contribution in [2.24, 2.45) is 17.8 Å². The second-order valence-corrected chi connectivity index (χ2v) is 17.8. The third kappa shape index (κ3) is 9.24. The summed E-state index contributed by atoms with van der Waals surface area (Å²) in [5, 5.41) is 17.4. The topological polar surface area (TPSA) is 194 Å². The van der Waals surface area contributed by atoms with Crippen molar-refractivity contribution in [1.82, 2.24) is 35.9 Å². The van der Waals surface area contributed by atoms with Gasteiger partial charge in [-0.3, -0.25) is 14.5 Å². The first-order valence-corrected chi connectivity index (χ1v) is 22.5. The molecule has 2 aromatic heterocycles. The van der Waals surface area contributed by atoms with Crippen molar-refractivity contribution in [2.45, 2.75) is 103 Å². The van der Waals surface area contributed by atoms with Crippen LogP contribution in [0.2, 0.25) is 12.6 Å². The van der Waals surface area contributed by atoms with E-state index in [9.17, 15) is 24.3 Å². The summed E-state index contributed by atoms with van der Waals surface area (Å²) >= 11 is 0. The maximum Gasteiger partial charge on any atom is 0.407 e. The van der Waals surface area contributed by atoms with Crippen LogP contribution in [0.15, 0.2) is 48.7 Å². The number of carboxylic acid groups (broad SMARTS) is 1. The van der Waals surface area contributed by atoms with E-state index in [1.165, 1.54) is 12.7 Å². The molecule has 1 fully saturated rings. The molecule has 4 aromatic rings. The Morgan fingerprint density at radius 1 is 0.930 bits per heavy atom. The minimum atomic E-state index is -1.23. The number of aromatic amines is 2. The molecular formula is C42H56N8O6Si. The lowest BCUT2D eigenvalue weighted by Gasteiger charge is -2.32. The number of imidazole rings is 2. The number of hydrogen-bond donors (Lipinski definition) is 6. The minimum absolute atomic E-state index is 0.0234. The van der Waals surface area contributed by atoms with Crippen LogP contribution < -0.4 is 20.9 Å². The van der Waals surface area contributed by atoms with Gasteiger partial charge < -0.3 is 35.8 Å². The number of H-pyrrole nitrogens is 2. The van der Waals surface area contributed by atoms with Gasteiger partial charge in [0, 0.05) is 26.8 Å². The van der Waals surface area contributed by atoms with Crippen molar-refractivity contribution in [1.29, 1.82) is 0 Å². The normalized spacial score (nSPS) is 17.8. The Kier molecular flexibility index (Phi) is 12.9. The van der Waals surface area contributed by atoms with E-state index in [0.29, 0.717) is 17.7 Å². The number of ether oxygens (including phenoxy) is 1. The summed E-state index contributed by atoms with van der Waals surface area (Å²) < 4.78 is 4.85. The van der Waals surface area contributed by atoms with Crippen LogP contribution in [0.5, 0.6) is 0 Å². The highest BCUT2D eigenvalue weighted by Crippen LogP contribution is 2.39. The summed E-state index contributed by atoms with van der Waals surface area (Å²) in [7, 11) is 0.832. The zero-order valence-electron chi connectivity index (χ0n) is 33.9. The number of methoxy groups -OCH3 is 1. The molecule has 1 unspecified atom stereocenters. The number of carbonyl (C=O) groups is 4. The molecule has 14 nitrogen and oxygen atoms in total. The fraction of sp³-hybridized carbons (Fsp3) is 0.476. The summed E-state index contributed by atoms with van der Waals surface area (Å²) in [6.07, 6.45) is 4.24. The van der Waals surface area contributed by atoms with Crippen molar-refractivity contribution in [3.8, 4) is 33.6 Å². The van der Waals surface area contributed by atoms with Crippen LogP contribution in [0.25, 0.3) is 33.6 Å². The Morgan fingerprint density at radius 3 is 2.26 bits per heavy atom. The molecule has 6 rings (SSSR count). The maximum absolute atomic E-state index is 14.2. The highest BCUT2D eigenvalue weighted by molar-refractivity contribution is 6.33. The van der Waals surface area contributed by atoms with Gasteiger partial charge in [0.1, 0.15) is 17.9 Å². The summed E-state index contributed by atoms with van der Waals surface area (Å²) in [5.41, 5.74) is 8.00. The summed E-state index contributed by atoms with van der Waals surface area (Å²) in [4.78, 5) is 69.3. The zero-order chi connectivity index (χ0) is 41.0. The van der Waals surface area contributed by atoms with E-state index in [1.54, 1.807) is 24.9 Å². The van der Waals surface area contributed by atoms with Gasteiger partial charge in [0.05, 0.1) is 30.7 Å². The largest absolute Gasteiger partial charge is 0.465 e. The van der Waals surface area contributed by atoms with Gasteiger partial charge in [0.15, 0.2) is 0 Å². The third-order valence-corrected chi connectivity index (χ3v) is 12.4. The number of hydrogen-bond acceptors (Lipinski definition) is 7. The minimum Gasteiger partial charge on any atom is -0.465 e. The van der Waals surface area contributed by atoms with Crippen LogP contribution in [-0.4, -0.2) is 83.8 Å². The van der Waals surface area contributed by atoms with Crippen LogP contribution in [-0.2, 0) is 27.2 Å². The van der Waals surface area contributed by atoms with Crippen LogP contribution in [0, 0.1) is 17.8 Å². The lowest BCUT2D eigenvalue weighted by atomic mass is 9.89. The highest BCUT2D eigenvalue weighted by atomic mass is 28.2. The Labute approximate surface area is 336 Å². The number of benzene rings is 2. The predicted molar refractivity (Wildman–Crippen MR) is 223 cm³/mol. The Balaban J connectivity index is 1.20. The van der Waals surface area contributed by atoms with E-state index in [4.69, 9.17) is 9.72 Å². The van der Waals surface area contributed by atoms with Crippen LogP contribution in [0.4, 0.5) is 15.5 Å². The first-order chi connectivity index (χ1) is 27.3. The monoisotopic (exact) mass is 796 g/mol.